The van der Waals surface area contributed by atoms with E-state index < -0.39 is 34.8 Å². The van der Waals surface area contributed by atoms with Gasteiger partial charge in [0.25, 0.3) is 5.91 Å². The molecule has 1 aromatic rings. The van der Waals surface area contributed by atoms with E-state index in [0.29, 0.717) is 0 Å². The smallest absolute Gasteiger partial charge is 0.288 e. The van der Waals surface area contributed by atoms with Gasteiger partial charge < -0.3 is 0 Å². The second kappa shape index (κ2) is 4.05. The number of rotatable bonds is 1. The minimum atomic E-state index is -4.92. The van der Waals surface area contributed by atoms with Gasteiger partial charge in [-0.15, -0.1) is 0 Å². The van der Waals surface area contributed by atoms with Crippen LogP contribution in [0.2, 0.25) is 0 Å². The lowest BCUT2D eigenvalue weighted by Crippen LogP contribution is -2.21. The third-order valence-corrected chi connectivity index (χ3v) is 1.70. The van der Waals surface area contributed by atoms with E-state index in [-0.39, 0.29) is 12.1 Å². The molecule has 0 atom stereocenters. The van der Waals surface area contributed by atoms with Crippen LogP contribution in [0.1, 0.15) is 15.9 Å². The molecule has 0 saturated heterocycles. The highest BCUT2D eigenvalue weighted by Crippen LogP contribution is 2.31. The molecule has 0 aliphatic carbocycles. The van der Waals surface area contributed by atoms with Crippen LogP contribution in [0.4, 0.5) is 22.0 Å². The zero-order valence-corrected chi connectivity index (χ0v) is 7.40. The molecule has 1 rings (SSSR count). The average Bonchev–Trinajstić information content (AvgIpc) is 2.19. The van der Waals surface area contributed by atoms with E-state index in [2.05, 4.69) is 0 Å². The van der Waals surface area contributed by atoms with Gasteiger partial charge in [0.2, 0.25) is 0 Å². The topological polar surface area (TPSA) is 49.3 Å². The summed E-state index contributed by atoms with van der Waals surface area (Å²) in [6.45, 7) is 0. The van der Waals surface area contributed by atoms with E-state index in [1.807, 2.05) is 0 Å². The molecular formula is C8H4F5NO2. The van der Waals surface area contributed by atoms with Gasteiger partial charge in [0.1, 0.15) is 0 Å². The summed E-state index contributed by atoms with van der Waals surface area (Å²) in [5.41, 5.74) is -1.84. The van der Waals surface area contributed by atoms with Crippen LogP contribution in [0, 0.1) is 11.6 Å². The Balaban J connectivity index is 3.39. The zero-order valence-electron chi connectivity index (χ0n) is 7.40. The molecule has 3 nitrogen and oxygen atoms in total. The molecule has 16 heavy (non-hydrogen) atoms. The first kappa shape index (κ1) is 12.4. The van der Waals surface area contributed by atoms with Crippen molar-refractivity contribution in [3.63, 3.8) is 0 Å². The molecule has 0 aliphatic heterocycles. The number of benzene rings is 1. The number of alkyl halides is 3. The Bertz CT molecular complexity index is 429. The molecule has 0 saturated carbocycles. The molecule has 0 unspecified atom stereocenters. The Morgan fingerprint density at radius 3 is 2.25 bits per heavy atom. The van der Waals surface area contributed by atoms with Gasteiger partial charge >= 0.3 is 6.18 Å². The van der Waals surface area contributed by atoms with Crippen LogP contribution in [0.3, 0.4) is 0 Å². The van der Waals surface area contributed by atoms with Gasteiger partial charge in [-0.25, -0.2) is 14.3 Å². The van der Waals surface area contributed by atoms with Crippen molar-refractivity contribution in [3.05, 3.63) is 34.9 Å². The number of hydrogen-bond acceptors (Lipinski definition) is 2. The van der Waals surface area contributed by atoms with Gasteiger partial charge in [0.05, 0.1) is 11.1 Å². The van der Waals surface area contributed by atoms with Gasteiger partial charge in [-0.2, -0.15) is 13.2 Å². The van der Waals surface area contributed by atoms with Gasteiger partial charge in [0.15, 0.2) is 11.6 Å². The normalized spacial score (nSPS) is 11.4. The minimum absolute atomic E-state index is 0.0799. The largest absolute Gasteiger partial charge is 0.416 e. The van der Waals surface area contributed by atoms with Crippen LogP contribution in [-0.2, 0) is 6.18 Å². The third kappa shape index (κ3) is 2.27. The summed E-state index contributed by atoms with van der Waals surface area (Å²) < 4.78 is 62.1. The Labute approximate surface area is 85.4 Å². The van der Waals surface area contributed by atoms with Crippen molar-refractivity contribution in [2.24, 2.45) is 0 Å². The quantitative estimate of drug-likeness (QED) is 0.449. The predicted molar refractivity (Wildman–Crippen MR) is 40.6 cm³/mol. The maximum atomic E-state index is 12.9. The summed E-state index contributed by atoms with van der Waals surface area (Å²) in [7, 11) is 0. The molecular weight excluding hydrogens is 237 g/mol. The molecule has 2 N–H and O–H groups in total. The Morgan fingerprint density at radius 1 is 1.25 bits per heavy atom. The summed E-state index contributed by atoms with van der Waals surface area (Å²) in [6.07, 6.45) is -4.92. The summed E-state index contributed by atoms with van der Waals surface area (Å²) in [4.78, 5) is 10.7. The SMILES string of the molecule is O=C(NO)c1cc(C(F)(F)F)cc(F)c1F. The van der Waals surface area contributed by atoms with Gasteiger partial charge in [-0.1, -0.05) is 0 Å². The van der Waals surface area contributed by atoms with Crippen molar-refractivity contribution < 1.29 is 32.0 Å². The van der Waals surface area contributed by atoms with E-state index >= 15 is 0 Å². The van der Waals surface area contributed by atoms with Crippen LogP contribution >= 0.6 is 0 Å². The molecule has 0 spiro atoms. The highest BCUT2D eigenvalue weighted by atomic mass is 19.4. The van der Waals surface area contributed by atoms with E-state index in [1.165, 1.54) is 0 Å². The summed E-state index contributed by atoms with van der Waals surface area (Å²) >= 11 is 0. The molecule has 0 heterocycles. The van der Waals surface area contributed by atoms with E-state index in [4.69, 9.17) is 5.21 Å². The highest BCUT2D eigenvalue weighted by molar-refractivity contribution is 5.93. The number of carbonyl (C=O) groups excluding carboxylic acids is 1. The fraction of sp³-hybridized carbons (Fsp3) is 0.125. The number of amides is 1. The molecule has 0 aliphatic rings. The molecule has 0 aromatic heterocycles. The summed E-state index contributed by atoms with van der Waals surface area (Å²) in [5.74, 6) is -5.16. The first-order valence-electron chi connectivity index (χ1n) is 3.78. The van der Waals surface area contributed by atoms with Crippen LogP contribution in [0.25, 0.3) is 0 Å². The Kier molecular flexibility index (Phi) is 3.13. The van der Waals surface area contributed by atoms with Gasteiger partial charge in [-0.3, -0.25) is 10.0 Å². The van der Waals surface area contributed by atoms with Crippen molar-refractivity contribution >= 4 is 5.91 Å². The number of hydroxylamine groups is 1. The zero-order chi connectivity index (χ0) is 12.5. The summed E-state index contributed by atoms with van der Waals surface area (Å²) in [6, 6.07) is 0.0213. The number of hydrogen-bond donors (Lipinski definition) is 2. The highest BCUT2D eigenvalue weighted by Gasteiger charge is 2.33. The fourth-order valence-corrected chi connectivity index (χ4v) is 0.978. The lowest BCUT2D eigenvalue weighted by atomic mass is 10.1. The molecule has 88 valence electrons. The van der Waals surface area contributed by atoms with Crippen molar-refractivity contribution in [2.75, 3.05) is 0 Å². The minimum Gasteiger partial charge on any atom is -0.288 e. The first-order valence-corrected chi connectivity index (χ1v) is 3.78. The van der Waals surface area contributed by atoms with Crippen molar-refractivity contribution in [2.45, 2.75) is 6.18 Å². The predicted octanol–water partition coefficient (Wildman–Crippen LogP) is 2.10. The van der Waals surface area contributed by atoms with Crippen LogP contribution in [0.15, 0.2) is 12.1 Å². The van der Waals surface area contributed by atoms with E-state index in [9.17, 15) is 26.7 Å². The average molecular weight is 241 g/mol. The van der Waals surface area contributed by atoms with Crippen LogP contribution < -0.4 is 5.48 Å². The van der Waals surface area contributed by atoms with Crippen LogP contribution in [-0.4, -0.2) is 11.1 Å². The van der Waals surface area contributed by atoms with E-state index in [0.717, 1.165) is 5.48 Å². The van der Waals surface area contributed by atoms with E-state index in [1.54, 1.807) is 0 Å². The number of carbonyl (C=O) groups is 1. The Hall–Kier alpha value is -1.70. The lowest BCUT2D eigenvalue weighted by molar-refractivity contribution is -0.137. The molecule has 0 radical (unpaired) electrons. The molecule has 1 aromatic carbocycles. The van der Waals surface area contributed by atoms with Crippen molar-refractivity contribution in [1.82, 2.24) is 5.48 Å². The number of halogens is 5. The monoisotopic (exact) mass is 241 g/mol. The molecule has 8 heteroatoms. The molecule has 1 amide bonds. The van der Waals surface area contributed by atoms with Crippen molar-refractivity contribution in [3.8, 4) is 0 Å². The Morgan fingerprint density at radius 2 is 1.81 bits per heavy atom. The second-order valence-corrected chi connectivity index (χ2v) is 2.76. The maximum Gasteiger partial charge on any atom is 0.416 e. The fourth-order valence-electron chi connectivity index (χ4n) is 0.978. The lowest BCUT2D eigenvalue weighted by Gasteiger charge is -2.09. The number of nitrogens with one attached hydrogen (secondary N) is 1. The second-order valence-electron chi connectivity index (χ2n) is 2.76. The van der Waals surface area contributed by atoms with Crippen LogP contribution in [0.5, 0.6) is 0 Å². The molecule has 0 bridgehead atoms. The van der Waals surface area contributed by atoms with Gasteiger partial charge in [-0.05, 0) is 12.1 Å². The molecule has 0 fully saturated rings. The maximum absolute atomic E-state index is 12.9. The van der Waals surface area contributed by atoms with Gasteiger partial charge in [0, 0.05) is 0 Å². The summed E-state index contributed by atoms with van der Waals surface area (Å²) in [5, 5.41) is 8.13. The van der Waals surface area contributed by atoms with Crippen molar-refractivity contribution in [1.29, 1.82) is 0 Å². The standard InChI is InChI=1S/C8H4F5NO2/c9-5-2-3(8(11,12)13)1-4(6(5)10)7(15)14-16/h1-2,16H,(H,14,15). The first-order chi connectivity index (χ1) is 7.27. The third-order valence-electron chi connectivity index (χ3n) is 1.70.